The van der Waals surface area contributed by atoms with Crippen LogP contribution < -0.4 is 15.4 Å². The second kappa shape index (κ2) is 6.20. The second-order valence-corrected chi connectivity index (χ2v) is 5.22. The quantitative estimate of drug-likeness (QED) is 0.842. The summed E-state index contributed by atoms with van der Waals surface area (Å²) in [5, 5.41) is 5.98. The zero-order chi connectivity index (χ0) is 13.0. The molecule has 0 unspecified atom stereocenters. The van der Waals surface area contributed by atoms with Crippen LogP contribution in [-0.2, 0) is 11.3 Å². The van der Waals surface area contributed by atoms with Crippen LogP contribution in [0.4, 0.5) is 0 Å². The molecular weight excluding hydrogens is 296 g/mol. The van der Waals surface area contributed by atoms with E-state index < -0.39 is 0 Å². The van der Waals surface area contributed by atoms with Crippen molar-refractivity contribution in [1.29, 1.82) is 0 Å². The zero-order valence-electron chi connectivity index (χ0n) is 10.3. The lowest BCUT2D eigenvalue weighted by molar-refractivity contribution is -0.122. The first kappa shape index (κ1) is 13.4. The molecule has 18 heavy (non-hydrogen) atoms. The maximum atomic E-state index is 11.1. The smallest absolute Gasteiger partial charge is 0.257 e. The van der Waals surface area contributed by atoms with Crippen LogP contribution in [0.1, 0.15) is 18.4 Å². The van der Waals surface area contributed by atoms with Crippen molar-refractivity contribution in [3.05, 3.63) is 28.2 Å². The van der Waals surface area contributed by atoms with Gasteiger partial charge in [-0.15, -0.1) is 0 Å². The molecule has 5 heteroatoms. The molecule has 2 N–H and O–H groups in total. The molecule has 0 spiro atoms. The van der Waals surface area contributed by atoms with Crippen LogP contribution in [0.15, 0.2) is 22.7 Å². The number of rotatable bonds is 6. The Morgan fingerprint density at radius 3 is 2.94 bits per heavy atom. The summed E-state index contributed by atoms with van der Waals surface area (Å²) in [6, 6.07) is 6.44. The molecule has 1 aromatic rings. The van der Waals surface area contributed by atoms with Gasteiger partial charge in [0.1, 0.15) is 5.75 Å². The molecule has 1 saturated carbocycles. The predicted molar refractivity (Wildman–Crippen MR) is 73.6 cm³/mol. The lowest BCUT2D eigenvalue weighted by Crippen LogP contribution is -2.24. The summed E-state index contributed by atoms with van der Waals surface area (Å²) >= 11 is 3.52. The van der Waals surface area contributed by atoms with Crippen molar-refractivity contribution in [3.63, 3.8) is 0 Å². The van der Waals surface area contributed by atoms with Gasteiger partial charge < -0.3 is 15.4 Å². The number of halogens is 1. The van der Waals surface area contributed by atoms with E-state index in [1.807, 2.05) is 18.2 Å². The summed E-state index contributed by atoms with van der Waals surface area (Å²) in [5.41, 5.74) is 1.15. The van der Waals surface area contributed by atoms with Crippen LogP contribution in [0.3, 0.4) is 0 Å². The van der Waals surface area contributed by atoms with Gasteiger partial charge in [0.05, 0.1) is 0 Å². The van der Waals surface area contributed by atoms with Gasteiger partial charge in [0.15, 0.2) is 6.61 Å². The summed E-state index contributed by atoms with van der Waals surface area (Å²) in [7, 11) is 1.60. The number of nitrogens with one attached hydrogen (secondary N) is 2. The standard InChI is InChI=1S/C13H17BrN2O2/c1-15-13(17)8-18-11-4-5-12(14)9(6-11)7-16-10-2-3-10/h4-6,10,16H,2-3,7-8H2,1H3,(H,15,17). The fourth-order valence-electron chi connectivity index (χ4n) is 1.54. The van der Waals surface area contributed by atoms with Crippen LogP contribution in [-0.4, -0.2) is 25.6 Å². The largest absolute Gasteiger partial charge is 0.484 e. The van der Waals surface area contributed by atoms with E-state index in [9.17, 15) is 4.79 Å². The van der Waals surface area contributed by atoms with E-state index in [2.05, 4.69) is 26.6 Å². The molecule has 0 radical (unpaired) electrons. The highest BCUT2D eigenvalue weighted by molar-refractivity contribution is 9.10. The van der Waals surface area contributed by atoms with Gasteiger partial charge in [0.25, 0.3) is 5.91 Å². The van der Waals surface area contributed by atoms with E-state index in [0.717, 1.165) is 22.3 Å². The number of ether oxygens (including phenoxy) is 1. The molecule has 0 atom stereocenters. The van der Waals surface area contributed by atoms with E-state index in [1.54, 1.807) is 7.05 Å². The molecule has 0 bridgehead atoms. The van der Waals surface area contributed by atoms with Gasteiger partial charge in [0, 0.05) is 24.1 Å². The third kappa shape index (κ3) is 3.99. The number of carbonyl (C=O) groups excluding carboxylic acids is 1. The predicted octanol–water partition coefficient (Wildman–Crippen LogP) is 1.83. The molecule has 1 aromatic carbocycles. The summed E-state index contributed by atoms with van der Waals surface area (Å²) in [4.78, 5) is 11.1. The van der Waals surface area contributed by atoms with E-state index in [1.165, 1.54) is 12.8 Å². The average Bonchev–Trinajstić information content (AvgIpc) is 3.19. The van der Waals surface area contributed by atoms with Crippen molar-refractivity contribution in [2.45, 2.75) is 25.4 Å². The van der Waals surface area contributed by atoms with E-state index in [-0.39, 0.29) is 12.5 Å². The third-order valence-corrected chi connectivity index (χ3v) is 3.60. The molecule has 0 aromatic heterocycles. The van der Waals surface area contributed by atoms with E-state index in [4.69, 9.17) is 4.74 Å². The van der Waals surface area contributed by atoms with Crippen molar-refractivity contribution in [2.75, 3.05) is 13.7 Å². The lowest BCUT2D eigenvalue weighted by Gasteiger charge is -2.10. The minimum absolute atomic E-state index is 0.0492. The first-order chi connectivity index (χ1) is 8.69. The maximum Gasteiger partial charge on any atom is 0.257 e. The van der Waals surface area contributed by atoms with Gasteiger partial charge in [0.2, 0.25) is 0 Å². The molecule has 98 valence electrons. The SMILES string of the molecule is CNC(=O)COc1ccc(Br)c(CNC2CC2)c1. The van der Waals surface area contributed by atoms with E-state index in [0.29, 0.717) is 6.04 Å². The Kier molecular flexibility index (Phi) is 4.60. The monoisotopic (exact) mass is 312 g/mol. The normalized spacial score (nSPS) is 14.3. The van der Waals surface area contributed by atoms with Crippen molar-refractivity contribution in [2.24, 2.45) is 0 Å². The van der Waals surface area contributed by atoms with Gasteiger partial charge in [-0.2, -0.15) is 0 Å². The van der Waals surface area contributed by atoms with Crippen molar-refractivity contribution < 1.29 is 9.53 Å². The average molecular weight is 313 g/mol. The van der Waals surface area contributed by atoms with Crippen molar-refractivity contribution in [3.8, 4) is 5.75 Å². The molecule has 4 nitrogen and oxygen atoms in total. The molecule has 1 aliphatic carbocycles. The topological polar surface area (TPSA) is 50.4 Å². The molecule has 1 aliphatic rings. The minimum Gasteiger partial charge on any atom is -0.484 e. The van der Waals surface area contributed by atoms with Crippen molar-refractivity contribution >= 4 is 21.8 Å². The number of benzene rings is 1. The van der Waals surface area contributed by atoms with Gasteiger partial charge >= 0.3 is 0 Å². The number of hydrogen-bond donors (Lipinski definition) is 2. The van der Waals surface area contributed by atoms with Crippen molar-refractivity contribution in [1.82, 2.24) is 10.6 Å². The number of hydrogen-bond acceptors (Lipinski definition) is 3. The van der Waals surface area contributed by atoms with Crippen LogP contribution in [0.2, 0.25) is 0 Å². The van der Waals surface area contributed by atoms with Gasteiger partial charge in [-0.1, -0.05) is 15.9 Å². The van der Waals surface area contributed by atoms with Crippen LogP contribution >= 0.6 is 15.9 Å². The highest BCUT2D eigenvalue weighted by atomic mass is 79.9. The number of carbonyl (C=O) groups is 1. The van der Waals surface area contributed by atoms with Crippen LogP contribution in [0.5, 0.6) is 5.75 Å². The Bertz CT molecular complexity index is 433. The fraction of sp³-hybridized carbons (Fsp3) is 0.462. The third-order valence-electron chi connectivity index (χ3n) is 2.82. The van der Waals surface area contributed by atoms with Gasteiger partial charge in [-0.05, 0) is 36.6 Å². The molecule has 0 saturated heterocycles. The first-order valence-corrected chi connectivity index (χ1v) is 6.83. The Morgan fingerprint density at radius 1 is 1.50 bits per heavy atom. The maximum absolute atomic E-state index is 11.1. The Labute approximate surface area is 115 Å². The summed E-state index contributed by atoms with van der Waals surface area (Å²) in [6.45, 7) is 0.871. The Hall–Kier alpha value is -1.07. The second-order valence-electron chi connectivity index (χ2n) is 4.37. The number of likely N-dealkylation sites (N-methyl/N-ethyl adjacent to an activating group) is 1. The van der Waals surface area contributed by atoms with Crippen LogP contribution in [0, 0.1) is 0 Å². The summed E-state index contributed by atoms with van der Waals surface area (Å²) in [5.74, 6) is 0.588. The number of amides is 1. The lowest BCUT2D eigenvalue weighted by atomic mass is 10.2. The molecule has 0 aliphatic heterocycles. The molecule has 1 fully saturated rings. The van der Waals surface area contributed by atoms with E-state index >= 15 is 0 Å². The first-order valence-electron chi connectivity index (χ1n) is 6.04. The summed E-state index contributed by atoms with van der Waals surface area (Å²) in [6.07, 6.45) is 2.54. The highest BCUT2D eigenvalue weighted by Crippen LogP contribution is 2.25. The van der Waals surface area contributed by atoms with Gasteiger partial charge in [-0.25, -0.2) is 0 Å². The zero-order valence-corrected chi connectivity index (χ0v) is 11.9. The molecule has 2 rings (SSSR count). The van der Waals surface area contributed by atoms with Crippen LogP contribution in [0.25, 0.3) is 0 Å². The Balaban J connectivity index is 1.93. The van der Waals surface area contributed by atoms with Gasteiger partial charge in [-0.3, -0.25) is 4.79 Å². The molecular formula is C13H17BrN2O2. The molecule has 0 heterocycles. The molecule has 1 amide bonds. The Morgan fingerprint density at radius 2 is 2.28 bits per heavy atom. The highest BCUT2D eigenvalue weighted by Gasteiger charge is 2.20. The fourth-order valence-corrected chi connectivity index (χ4v) is 1.93. The summed E-state index contributed by atoms with van der Waals surface area (Å²) < 4.78 is 6.47. The minimum atomic E-state index is -0.129.